The molecule has 30 heavy (non-hydrogen) atoms. The van der Waals surface area contributed by atoms with Crippen molar-refractivity contribution in [2.24, 2.45) is 5.92 Å². The number of carbonyl (C=O) groups is 1. The highest BCUT2D eigenvalue weighted by Crippen LogP contribution is 2.47. The molecule has 5 rings (SSSR count). The fraction of sp³-hybridized carbons (Fsp3) is 0.520. The van der Waals surface area contributed by atoms with E-state index in [1.807, 2.05) is 35.2 Å². The number of nitrogens with zero attached hydrogens (tertiary/aromatic N) is 3. The standard InChI is InChI=1S/C25H31N3O2/c29-24(27-15-6-7-16-27)19-12-13-23(26-18-19)28-17-14-25(30,20-8-2-1-3-9-20)21-10-4-5-11-22(21)28/h1-3,8-9,12-13,18,21-22,30H,4-7,10-11,14-17H2/t21-,22+,25+/m0/s1. The summed E-state index contributed by atoms with van der Waals surface area (Å²) in [5.74, 6) is 1.23. The van der Waals surface area contributed by atoms with Gasteiger partial charge in [0, 0.05) is 37.8 Å². The predicted molar refractivity (Wildman–Crippen MR) is 117 cm³/mol. The van der Waals surface area contributed by atoms with Gasteiger partial charge in [-0.15, -0.1) is 0 Å². The molecular weight excluding hydrogens is 374 g/mol. The minimum Gasteiger partial charge on any atom is -0.385 e. The molecule has 1 aliphatic carbocycles. The molecule has 0 spiro atoms. The van der Waals surface area contributed by atoms with E-state index in [-0.39, 0.29) is 17.9 Å². The van der Waals surface area contributed by atoms with Gasteiger partial charge >= 0.3 is 0 Å². The van der Waals surface area contributed by atoms with Gasteiger partial charge in [-0.2, -0.15) is 0 Å². The van der Waals surface area contributed by atoms with Crippen molar-refractivity contribution in [1.29, 1.82) is 0 Å². The van der Waals surface area contributed by atoms with E-state index in [4.69, 9.17) is 4.98 Å². The van der Waals surface area contributed by atoms with Gasteiger partial charge in [-0.05, 0) is 49.8 Å². The van der Waals surface area contributed by atoms with Crippen LogP contribution in [0, 0.1) is 5.92 Å². The number of anilines is 1. The maximum absolute atomic E-state index is 12.6. The van der Waals surface area contributed by atoms with E-state index in [1.165, 1.54) is 12.8 Å². The second-order valence-corrected chi connectivity index (χ2v) is 9.10. The molecule has 1 saturated carbocycles. The molecule has 0 radical (unpaired) electrons. The van der Waals surface area contributed by atoms with Gasteiger partial charge in [0.1, 0.15) is 5.82 Å². The molecule has 1 N–H and O–H groups in total. The van der Waals surface area contributed by atoms with Crippen molar-refractivity contribution in [2.45, 2.75) is 56.6 Å². The Labute approximate surface area is 178 Å². The van der Waals surface area contributed by atoms with Gasteiger partial charge in [0.25, 0.3) is 5.91 Å². The predicted octanol–water partition coefficient (Wildman–Crippen LogP) is 3.97. The highest BCUT2D eigenvalue weighted by atomic mass is 16.3. The number of carbonyl (C=O) groups excluding carboxylic acids is 1. The molecule has 3 fully saturated rings. The summed E-state index contributed by atoms with van der Waals surface area (Å²) < 4.78 is 0. The first-order chi connectivity index (χ1) is 14.7. The Kier molecular flexibility index (Phi) is 5.23. The van der Waals surface area contributed by atoms with E-state index in [0.29, 0.717) is 12.0 Å². The highest BCUT2D eigenvalue weighted by molar-refractivity contribution is 5.94. The number of pyridine rings is 1. The molecule has 2 aliphatic heterocycles. The number of fused-ring (bicyclic) bond motifs is 1. The molecule has 5 heteroatoms. The molecule has 1 aromatic heterocycles. The SMILES string of the molecule is O=C(c1ccc(N2CC[C@@](O)(c3ccccc3)[C@H]3CCCC[C@H]32)nc1)N1CCCC1. The van der Waals surface area contributed by atoms with Crippen LogP contribution in [-0.4, -0.2) is 46.6 Å². The topological polar surface area (TPSA) is 56.7 Å². The van der Waals surface area contributed by atoms with Crippen LogP contribution < -0.4 is 4.90 Å². The Hall–Kier alpha value is -2.40. The van der Waals surface area contributed by atoms with Crippen LogP contribution >= 0.6 is 0 Å². The number of benzene rings is 1. The van der Waals surface area contributed by atoms with Gasteiger partial charge in [0.15, 0.2) is 0 Å². The molecule has 2 saturated heterocycles. The fourth-order valence-corrected chi connectivity index (χ4v) is 5.84. The van der Waals surface area contributed by atoms with Crippen molar-refractivity contribution in [1.82, 2.24) is 9.88 Å². The van der Waals surface area contributed by atoms with Crippen LogP contribution in [0.25, 0.3) is 0 Å². The van der Waals surface area contributed by atoms with Crippen LogP contribution in [0.1, 0.15) is 60.9 Å². The summed E-state index contributed by atoms with van der Waals surface area (Å²) >= 11 is 0. The maximum Gasteiger partial charge on any atom is 0.255 e. The highest BCUT2D eigenvalue weighted by Gasteiger charge is 2.49. The van der Waals surface area contributed by atoms with Crippen molar-refractivity contribution in [3.05, 3.63) is 59.8 Å². The Morgan fingerprint density at radius 2 is 1.73 bits per heavy atom. The lowest BCUT2D eigenvalue weighted by Crippen LogP contribution is -2.57. The van der Waals surface area contributed by atoms with Crippen LogP contribution in [-0.2, 0) is 5.60 Å². The quantitative estimate of drug-likeness (QED) is 0.839. The lowest BCUT2D eigenvalue weighted by Gasteiger charge is -2.53. The minimum atomic E-state index is -0.769. The largest absolute Gasteiger partial charge is 0.385 e. The van der Waals surface area contributed by atoms with Crippen LogP contribution in [0.15, 0.2) is 48.7 Å². The summed E-state index contributed by atoms with van der Waals surface area (Å²) in [6.07, 6.45) is 9.11. The normalized spacial score (nSPS) is 29.0. The Morgan fingerprint density at radius 3 is 2.47 bits per heavy atom. The number of aliphatic hydroxyl groups is 1. The van der Waals surface area contributed by atoms with Crippen molar-refractivity contribution in [3.8, 4) is 0 Å². The number of rotatable bonds is 3. The summed E-state index contributed by atoms with van der Waals surface area (Å²) in [7, 11) is 0. The Bertz CT molecular complexity index is 879. The van der Waals surface area contributed by atoms with E-state index in [9.17, 15) is 9.90 Å². The van der Waals surface area contributed by atoms with Crippen molar-refractivity contribution in [2.75, 3.05) is 24.5 Å². The van der Waals surface area contributed by atoms with Crippen molar-refractivity contribution in [3.63, 3.8) is 0 Å². The average molecular weight is 406 g/mol. The first kappa shape index (κ1) is 19.6. The smallest absolute Gasteiger partial charge is 0.255 e. The summed E-state index contributed by atoms with van der Waals surface area (Å²) in [6, 6.07) is 14.4. The van der Waals surface area contributed by atoms with E-state index in [2.05, 4.69) is 17.0 Å². The van der Waals surface area contributed by atoms with Gasteiger partial charge in [-0.3, -0.25) is 4.79 Å². The number of piperidine rings is 1. The molecule has 2 aromatic rings. The Balaban J connectivity index is 1.38. The molecule has 3 heterocycles. The van der Waals surface area contributed by atoms with Crippen molar-refractivity contribution < 1.29 is 9.90 Å². The lowest BCUT2D eigenvalue weighted by molar-refractivity contribution is -0.0690. The number of hydrogen-bond donors (Lipinski definition) is 1. The zero-order valence-corrected chi connectivity index (χ0v) is 17.5. The van der Waals surface area contributed by atoms with E-state index < -0.39 is 5.60 Å². The summed E-state index contributed by atoms with van der Waals surface area (Å²) in [4.78, 5) is 21.7. The summed E-state index contributed by atoms with van der Waals surface area (Å²) in [6.45, 7) is 2.49. The molecule has 3 atom stereocenters. The Morgan fingerprint density at radius 1 is 0.967 bits per heavy atom. The number of likely N-dealkylation sites (tertiary alicyclic amines) is 1. The van der Waals surface area contributed by atoms with Crippen LogP contribution in [0.2, 0.25) is 0 Å². The monoisotopic (exact) mass is 405 g/mol. The zero-order valence-electron chi connectivity index (χ0n) is 17.5. The molecule has 0 unspecified atom stereocenters. The lowest BCUT2D eigenvalue weighted by atomic mass is 9.66. The minimum absolute atomic E-state index is 0.0965. The number of hydrogen-bond acceptors (Lipinski definition) is 4. The number of aromatic nitrogens is 1. The van der Waals surface area contributed by atoms with E-state index in [0.717, 1.165) is 56.7 Å². The molecule has 3 aliphatic rings. The molecule has 1 aromatic carbocycles. The first-order valence-electron chi connectivity index (χ1n) is 11.5. The molecule has 158 valence electrons. The van der Waals surface area contributed by atoms with Gasteiger partial charge in [0.2, 0.25) is 0 Å². The maximum atomic E-state index is 12.6. The van der Waals surface area contributed by atoms with Gasteiger partial charge in [0.05, 0.1) is 11.2 Å². The van der Waals surface area contributed by atoms with Crippen LogP contribution in [0.4, 0.5) is 5.82 Å². The summed E-state index contributed by atoms with van der Waals surface area (Å²) in [5.41, 5.74) is 0.953. The third-order valence-corrected chi connectivity index (χ3v) is 7.43. The van der Waals surface area contributed by atoms with Crippen molar-refractivity contribution >= 4 is 11.7 Å². The second kappa shape index (κ2) is 8.03. The molecule has 5 nitrogen and oxygen atoms in total. The second-order valence-electron chi connectivity index (χ2n) is 9.10. The molecule has 1 amide bonds. The molecule has 0 bridgehead atoms. The first-order valence-corrected chi connectivity index (χ1v) is 11.5. The van der Waals surface area contributed by atoms with Gasteiger partial charge < -0.3 is 14.9 Å². The average Bonchev–Trinajstić information content (AvgIpc) is 3.35. The zero-order chi connectivity index (χ0) is 20.6. The van der Waals surface area contributed by atoms with E-state index in [1.54, 1.807) is 6.20 Å². The third kappa shape index (κ3) is 3.39. The van der Waals surface area contributed by atoms with E-state index >= 15 is 0 Å². The van der Waals surface area contributed by atoms with Crippen LogP contribution in [0.3, 0.4) is 0 Å². The number of amides is 1. The third-order valence-electron chi connectivity index (χ3n) is 7.43. The fourth-order valence-electron chi connectivity index (χ4n) is 5.84. The van der Waals surface area contributed by atoms with Gasteiger partial charge in [-0.25, -0.2) is 4.98 Å². The summed E-state index contributed by atoms with van der Waals surface area (Å²) in [5, 5.41) is 11.7. The van der Waals surface area contributed by atoms with Crippen LogP contribution in [0.5, 0.6) is 0 Å². The molecular formula is C25H31N3O2. The van der Waals surface area contributed by atoms with Gasteiger partial charge in [-0.1, -0.05) is 43.2 Å².